The summed E-state index contributed by atoms with van der Waals surface area (Å²) in [6.07, 6.45) is 0. The fourth-order valence-corrected chi connectivity index (χ4v) is 3.14. The van der Waals surface area contributed by atoms with Crippen molar-refractivity contribution < 1.29 is 23.4 Å². The van der Waals surface area contributed by atoms with E-state index >= 15 is 0 Å². The average molecular weight is 388 g/mol. The summed E-state index contributed by atoms with van der Waals surface area (Å²) >= 11 is 0. The maximum Gasteiger partial charge on any atom is 0.258 e. The fourth-order valence-electron chi connectivity index (χ4n) is 3.14. The predicted molar refractivity (Wildman–Crippen MR) is 103 cm³/mol. The molecule has 1 aliphatic rings. The second-order valence-electron chi connectivity index (χ2n) is 6.49. The SMILES string of the molecule is COc1ccc(C(CNC(=O)COc2cccc(F)c2)N2CCOCC2)cc1. The Morgan fingerprint density at radius 2 is 1.93 bits per heavy atom. The first-order valence-electron chi connectivity index (χ1n) is 9.26. The third-order valence-electron chi connectivity index (χ3n) is 4.65. The highest BCUT2D eigenvalue weighted by molar-refractivity contribution is 5.77. The molecular weight excluding hydrogens is 363 g/mol. The smallest absolute Gasteiger partial charge is 0.258 e. The van der Waals surface area contributed by atoms with Crippen LogP contribution < -0.4 is 14.8 Å². The first-order chi connectivity index (χ1) is 13.7. The number of amides is 1. The first-order valence-corrected chi connectivity index (χ1v) is 9.26. The van der Waals surface area contributed by atoms with E-state index in [1.807, 2.05) is 24.3 Å². The maximum absolute atomic E-state index is 13.2. The molecule has 28 heavy (non-hydrogen) atoms. The molecule has 1 saturated heterocycles. The van der Waals surface area contributed by atoms with Crippen LogP contribution in [0.1, 0.15) is 11.6 Å². The van der Waals surface area contributed by atoms with Crippen molar-refractivity contribution in [1.82, 2.24) is 10.2 Å². The van der Waals surface area contributed by atoms with Crippen LogP contribution in [0.4, 0.5) is 4.39 Å². The molecule has 1 unspecified atom stereocenters. The molecule has 7 heteroatoms. The van der Waals surface area contributed by atoms with Crippen LogP contribution in [0.5, 0.6) is 11.5 Å². The Hall–Kier alpha value is -2.64. The van der Waals surface area contributed by atoms with Crippen LogP contribution in [-0.2, 0) is 9.53 Å². The van der Waals surface area contributed by atoms with Gasteiger partial charge in [-0.15, -0.1) is 0 Å². The lowest BCUT2D eigenvalue weighted by molar-refractivity contribution is -0.123. The Labute approximate surface area is 164 Å². The number of rotatable bonds is 8. The number of carbonyl (C=O) groups is 1. The van der Waals surface area contributed by atoms with E-state index in [0.29, 0.717) is 25.5 Å². The highest BCUT2D eigenvalue weighted by atomic mass is 19.1. The second kappa shape index (κ2) is 10.1. The molecule has 2 aromatic carbocycles. The normalized spacial score (nSPS) is 15.6. The van der Waals surface area contributed by atoms with E-state index in [2.05, 4.69) is 10.2 Å². The number of hydrogen-bond donors (Lipinski definition) is 1. The van der Waals surface area contributed by atoms with Gasteiger partial charge < -0.3 is 19.5 Å². The van der Waals surface area contributed by atoms with Crippen molar-refractivity contribution in [2.24, 2.45) is 0 Å². The lowest BCUT2D eigenvalue weighted by Gasteiger charge is -2.35. The van der Waals surface area contributed by atoms with Crippen LogP contribution in [0.3, 0.4) is 0 Å². The van der Waals surface area contributed by atoms with E-state index in [-0.39, 0.29) is 18.6 Å². The molecule has 150 valence electrons. The molecule has 6 nitrogen and oxygen atoms in total. The number of benzene rings is 2. The minimum absolute atomic E-state index is 0.0212. The van der Waals surface area contributed by atoms with Gasteiger partial charge in [0.15, 0.2) is 6.61 Å². The summed E-state index contributed by atoms with van der Waals surface area (Å²) < 4.78 is 29.2. The summed E-state index contributed by atoms with van der Waals surface area (Å²) in [4.78, 5) is 14.5. The number of carbonyl (C=O) groups excluding carboxylic acids is 1. The Morgan fingerprint density at radius 3 is 2.61 bits per heavy atom. The van der Waals surface area contributed by atoms with Gasteiger partial charge in [-0.3, -0.25) is 9.69 Å². The number of hydrogen-bond acceptors (Lipinski definition) is 5. The van der Waals surface area contributed by atoms with E-state index in [1.165, 1.54) is 12.1 Å². The quantitative estimate of drug-likeness (QED) is 0.753. The minimum atomic E-state index is -0.398. The first kappa shape index (κ1) is 20.1. The number of methoxy groups -OCH3 is 1. The second-order valence-corrected chi connectivity index (χ2v) is 6.49. The van der Waals surface area contributed by atoms with E-state index in [1.54, 1.807) is 19.2 Å². The van der Waals surface area contributed by atoms with Gasteiger partial charge in [-0.05, 0) is 29.8 Å². The number of morpholine rings is 1. The lowest BCUT2D eigenvalue weighted by Crippen LogP contribution is -2.44. The molecule has 0 saturated carbocycles. The largest absolute Gasteiger partial charge is 0.497 e. The van der Waals surface area contributed by atoms with Crippen LogP contribution >= 0.6 is 0 Å². The zero-order valence-electron chi connectivity index (χ0n) is 15.9. The van der Waals surface area contributed by atoms with Crippen molar-refractivity contribution >= 4 is 5.91 Å². The van der Waals surface area contributed by atoms with Crippen molar-refractivity contribution in [2.45, 2.75) is 6.04 Å². The molecule has 0 radical (unpaired) electrons. The highest BCUT2D eigenvalue weighted by Crippen LogP contribution is 2.23. The zero-order valence-corrected chi connectivity index (χ0v) is 15.9. The standard InChI is InChI=1S/C21H25FN2O4/c1-26-18-7-5-16(6-8-18)20(24-9-11-27-12-10-24)14-23-21(25)15-28-19-4-2-3-17(22)13-19/h2-8,13,20H,9-12,14-15H2,1H3,(H,23,25). The van der Waals surface area contributed by atoms with Crippen molar-refractivity contribution in [2.75, 3.05) is 46.6 Å². The van der Waals surface area contributed by atoms with E-state index in [4.69, 9.17) is 14.2 Å². The summed E-state index contributed by atoms with van der Waals surface area (Å²) in [7, 11) is 1.63. The van der Waals surface area contributed by atoms with Crippen molar-refractivity contribution in [3.8, 4) is 11.5 Å². The van der Waals surface area contributed by atoms with Crippen LogP contribution in [-0.4, -0.2) is 57.4 Å². The molecule has 0 spiro atoms. The van der Waals surface area contributed by atoms with Gasteiger partial charge in [0.05, 0.1) is 26.4 Å². The topological polar surface area (TPSA) is 60.0 Å². The Balaban J connectivity index is 1.59. The fraction of sp³-hybridized carbons (Fsp3) is 0.381. The van der Waals surface area contributed by atoms with E-state index in [9.17, 15) is 9.18 Å². The summed E-state index contributed by atoms with van der Waals surface area (Å²) in [6, 6.07) is 13.6. The third-order valence-corrected chi connectivity index (χ3v) is 4.65. The number of nitrogens with one attached hydrogen (secondary N) is 1. The van der Waals surface area contributed by atoms with Gasteiger partial charge in [0.25, 0.3) is 5.91 Å². The predicted octanol–water partition coefficient (Wildman–Crippen LogP) is 2.40. The van der Waals surface area contributed by atoms with Crippen molar-refractivity contribution in [3.63, 3.8) is 0 Å². The molecule has 1 fully saturated rings. The summed E-state index contributed by atoms with van der Waals surface area (Å²) in [5, 5.41) is 2.92. The molecule has 1 amide bonds. The monoisotopic (exact) mass is 388 g/mol. The number of nitrogens with zero attached hydrogens (tertiary/aromatic N) is 1. The number of halogens is 1. The minimum Gasteiger partial charge on any atom is -0.497 e. The van der Waals surface area contributed by atoms with Crippen LogP contribution in [0, 0.1) is 5.82 Å². The molecule has 1 heterocycles. The maximum atomic E-state index is 13.2. The molecular formula is C21H25FN2O4. The Kier molecular flexibility index (Phi) is 7.22. The zero-order chi connectivity index (χ0) is 19.8. The van der Waals surface area contributed by atoms with Crippen LogP contribution in [0.2, 0.25) is 0 Å². The van der Waals surface area contributed by atoms with Crippen molar-refractivity contribution in [1.29, 1.82) is 0 Å². The van der Waals surface area contributed by atoms with Gasteiger partial charge >= 0.3 is 0 Å². The van der Waals surface area contributed by atoms with Gasteiger partial charge in [0.1, 0.15) is 17.3 Å². The van der Waals surface area contributed by atoms with Crippen molar-refractivity contribution in [3.05, 3.63) is 59.9 Å². The third kappa shape index (κ3) is 5.68. The molecule has 1 N–H and O–H groups in total. The Morgan fingerprint density at radius 1 is 1.18 bits per heavy atom. The summed E-state index contributed by atoms with van der Waals surface area (Å²) in [5.74, 6) is 0.466. The Bertz CT molecular complexity index is 763. The molecule has 1 aliphatic heterocycles. The van der Waals surface area contributed by atoms with Gasteiger partial charge in [0, 0.05) is 25.7 Å². The molecule has 1 atom stereocenters. The molecule has 0 bridgehead atoms. The molecule has 0 aliphatic carbocycles. The average Bonchev–Trinajstić information content (AvgIpc) is 2.74. The van der Waals surface area contributed by atoms with Crippen LogP contribution in [0.15, 0.2) is 48.5 Å². The van der Waals surface area contributed by atoms with Gasteiger partial charge in [-0.2, -0.15) is 0 Å². The van der Waals surface area contributed by atoms with Crippen LogP contribution in [0.25, 0.3) is 0 Å². The highest BCUT2D eigenvalue weighted by Gasteiger charge is 2.23. The molecule has 3 rings (SSSR count). The summed E-state index contributed by atoms with van der Waals surface area (Å²) in [6.45, 7) is 3.21. The lowest BCUT2D eigenvalue weighted by atomic mass is 10.0. The summed E-state index contributed by atoms with van der Waals surface area (Å²) in [5.41, 5.74) is 1.09. The van der Waals surface area contributed by atoms with Gasteiger partial charge in [-0.1, -0.05) is 18.2 Å². The molecule has 0 aromatic heterocycles. The number of ether oxygens (including phenoxy) is 3. The van der Waals surface area contributed by atoms with Gasteiger partial charge in [0.2, 0.25) is 0 Å². The molecule has 2 aromatic rings. The van der Waals surface area contributed by atoms with E-state index in [0.717, 1.165) is 24.4 Å². The van der Waals surface area contributed by atoms with Gasteiger partial charge in [-0.25, -0.2) is 4.39 Å². The van der Waals surface area contributed by atoms with E-state index < -0.39 is 5.82 Å².